The molecule has 2 atom stereocenters. The zero-order valence-corrected chi connectivity index (χ0v) is 17.4. The Balaban J connectivity index is 1.80. The molecule has 1 saturated carbocycles. The van der Waals surface area contributed by atoms with Gasteiger partial charge in [-0.3, -0.25) is 4.79 Å². The van der Waals surface area contributed by atoms with Crippen molar-refractivity contribution in [1.82, 2.24) is 10.2 Å². The summed E-state index contributed by atoms with van der Waals surface area (Å²) in [4.78, 5) is 14.8. The van der Waals surface area contributed by atoms with Crippen molar-refractivity contribution >= 4 is 5.91 Å². The van der Waals surface area contributed by atoms with E-state index in [0.717, 1.165) is 24.3 Å². The maximum atomic E-state index is 12.7. The van der Waals surface area contributed by atoms with Gasteiger partial charge in [0.1, 0.15) is 11.3 Å². The van der Waals surface area contributed by atoms with Gasteiger partial charge in [0.25, 0.3) is 0 Å². The van der Waals surface area contributed by atoms with Gasteiger partial charge < -0.3 is 25.4 Å². The minimum Gasteiger partial charge on any atom is -0.494 e. The van der Waals surface area contributed by atoms with Crippen LogP contribution in [-0.2, 0) is 16.1 Å². The van der Waals surface area contributed by atoms with Gasteiger partial charge in [-0.15, -0.1) is 0 Å². The van der Waals surface area contributed by atoms with Crippen LogP contribution in [0.2, 0.25) is 0 Å². The molecule has 6 nitrogen and oxygen atoms in total. The maximum Gasteiger partial charge on any atom is 0.241 e. The summed E-state index contributed by atoms with van der Waals surface area (Å²) in [6, 6.07) is 7.82. The Kier molecular flexibility index (Phi) is 7.25. The summed E-state index contributed by atoms with van der Waals surface area (Å²) in [7, 11) is 4.10. The molecule has 0 heterocycles. The first-order chi connectivity index (χ1) is 12.7. The standard InChI is InChI=1S/C21H35N3O3/c1-6-26-18-14-21(22,20(18,2)3)19(25)23-15-16-8-10-17(11-9-16)27-13-7-12-24(4)5/h8-11,18H,6-7,12-15,22H2,1-5H3,(H,23,25). The molecule has 1 aliphatic rings. The van der Waals surface area contributed by atoms with Crippen molar-refractivity contribution in [3.8, 4) is 5.75 Å². The van der Waals surface area contributed by atoms with Crippen LogP contribution in [0.4, 0.5) is 0 Å². The summed E-state index contributed by atoms with van der Waals surface area (Å²) < 4.78 is 11.4. The molecular formula is C21H35N3O3. The predicted molar refractivity (Wildman–Crippen MR) is 108 cm³/mol. The summed E-state index contributed by atoms with van der Waals surface area (Å²) in [6.45, 7) is 8.74. The van der Waals surface area contributed by atoms with Crippen molar-refractivity contribution in [2.45, 2.75) is 51.8 Å². The van der Waals surface area contributed by atoms with Crippen LogP contribution in [0, 0.1) is 5.41 Å². The number of benzene rings is 1. The van der Waals surface area contributed by atoms with E-state index in [1.54, 1.807) is 0 Å². The van der Waals surface area contributed by atoms with Gasteiger partial charge in [-0.05, 0) is 45.1 Å². The van der Waals surface area contributed by atoms with E-state index in [0.29, 0.717) is 26.2 Å². The van der Waals surface area contributed by atoms with E-state index in [1.807, 2.05) is 45.0 Å². The van der Waals surface area contributed by atoms with Gasteiger partial charge in [-0.1, -0.05) is 26.0 Å². The first kappa shape index (κ1) is 21.7. The van der Waals surface area contributed by atoms with E-state index < -0.39 is 5.54 Å². The van der Waals surface area contributed by atoms with Crippen LogP contribution in [0.3, 0.4) is 0 Å². The van der Waals surface area contributed by atoms with E-state index in [1.165, 1.54) is 0 Å². The van der Waals surface area contributed by atoms with Crippen LogP contribution in [0.5, 0.6) is 5.75 Å². The fraction of sp³-hybridized carbons (Fsp3) is 0.667. The summed E-state index contributed by atoms with van der Waals surface area (Å²) in [5, 5.41) is 2.98. The number of carbonyl (C=O) groups is 1. The molecule has 27 heavy (non-hydrogen) atoms. The molecule has 1 amide bonds. The molecule has 0 radical (unpaired) electrons. The lowest BCUT2D eigenvalue weighted by Gasteiger charge is -2.57. The zero-order valence-electron chi connectivity index (χ0n) is 17.4. The molecule has 1 fully saturated rings. The molecular weight excluding hydrogens is 342 g/mol. The number of nitrogens with zero attached hydrogens (tertiary/aromatic N) is 1. The Hall–Kier alpha value is -1.63. The molecule has 152 valence electrons. The van der Waals surface area contributed by atoms with Crippen molar-refractivity contribution < 1.29 is 14.3 Å². The van der Waals surface area contributed by atoms with Crippen LogP contribution < -0.4 is 15.8 Å². The fourth-order valence-electron chi connectivity index (χ4n) is 3.43. The first-order valence-corrected chi connectivity index (χ1v) is 9.76. The lowest BCUT2D eigenvalue weighted by atomic mass is 9.54. The SMILES string of the molecule is CCOC1CC(N)(C(=O)NCc2ccc(OCCCN(C)C)cc2)C1(C)C. The molecule has 2 unspecified atom stereocenters. The Labute approximate surface area is 163 Å². The fourth-order valence-corrected chi connectivity index (χ4v) is 3.43. The molecule has 2 rings (SSSR count). The van der Waals surface area contributed by atoms with Gasteiger partial charge in [0.15, 0.2) is 0 Å². The number of hydrogen-bond acceptors (Lipinski definition) is 5. The van der Waals surface area contributed by atoms with E-state index in [-0.39, 0.29) is 17.4 Å². The molecule has 0 bridgehead atoms. The highest BCUT2D eigenvalue weighted by atomic mass is 16.5. The third-order valence-electron chi connectivity index (χ3n) is 5.63. The summed E-state index contributed by atoms with van der Waals surface area (Å²) in [6.07, 6.45) is 1.57. The number of nitrogens with one attached hydrogen (secondary N) is 1. The van der Waals surface area contributed by atoms with Crippen LogP contribution in [-0.4, -0.2) is 56.3 Å². The molecule has 1 aliphatic carbocycles. The van der Waals surface area contributed by atoms with E-state index >= 15 is 0 Å². The highest BCUT2D eigenvalue weighted by Gasteiger charge is 2.62. The molecule has 6 heteroatoms. The van der Waals surface area contributed by atoms with Crippen LogP contribution >= 0.6 is 0 Å². The Morgan fingerprint density at radius 2 is 1.96 bits per heavy atom. The lowest BCUT2D eigenvalue weighted by Crippen LogP contribution is -2.75. The summed E-state index contributed by atoms with van der Waals surface area (Å²) in [5.74, 6) is 0.728. The zero-order chi connectivity index (χ0) is 20.1. The molecule has 0 spiro atoms. The predicted octanol–water partition coefficient (Wildman–Crippen LogP) is 2.17. The maximum absolute atomic E-state index is 12.7. The summed E-state index contributed by atoms with van der Waals surface area (Å²) >= 11 is 0. The van der Waals surface area contributed by atoms with Gasteiger partial charge in [0.05, 0.1) is 12.7 Å². The summed E-state index contributed by atoms with van der Waals surface area (Å²) in [5.41, 5.74) is 6.16. The van der Waals surface area contributed by atoms with Crippen molar-refractivity contribution in [2.24, 2.45) is 11.1 Å². The number of carbonyl (C=O) groups excluding carboxylic acids is 1. The number of nitrogens with two attached hydrogens (primary N) is 1. The molecule has 0 aliphatic heterocycles. The third-order valence-corrected chi connectivity index (χ3v) is 5.63. The van der Waals surface area contributed by atoms with Gasteiger partial charge in [-0.2, -0.15) is 0 Å². The van der Waals surface area contributed by atoms with Crippen molar-refractivity contribution in [2.75, 3.05) is 33.9 Å². The van der Waals surface area contributed by atoms with E-state index in [2.05, 4.69) is 24.3 Å². The quantitative estimate of drug-likeness (QED) is 0.611. The monoisotopic (exact) mass is 377 g/mol. The Morgan fingerprint density at radius 3 is 2.52 bits per heavy atom. The first-order valence-electron chi connectivity index (χ1n) is 9.76. The number of hydrogen-bond donors (Lipinski definition) is 2. The molecule has 1 aromatic carbocycles. The smallest absolute Gasteiger partial charge is 0.241 e. The van der Waals surface area contributed by atoms with Crippen molar-refractivity contribution in [1.29, 1.82) is 0 Å². The van der Waals surface area contributed by atoms with Gasteiger partial charge in [0.2, 0.25) is 5.91 Å². The number of ether oxygens (including phenoxy) is 2. The van der Waals surface area contributed by atoms with Crippen LogP contribution in [0.1, 0.15) is 39.2 Å². The second kappa shape index (κ2) is 9.04. The third kappa shape index (κ3) is 5.00. The largest absolute Gasteiger partial charge is 0.494 e. The lowest BCUT2D eigenvalue weighted by molar-refractivity contribution is -0.170. The minimum atomic E-state index is -0.887. The highest BCUT2D eigenvalue weighted by Crippen LogP contribution is 2.49. The average Bonchev–Trinajstić information content (AvgIpc) is 2.63. The number of rotatable bonds is 10. The van der Waals surface area contributed by atoms with Gasteiger partial charge >= 0.3 is 0 Å². The highest BCUT2D eigenvalue weighted by molar-refractivity contribution is 5.88. The Bertz CT molecular complexity index is 616. The Morgan fingerprint density at radius 1 is 1.30 bits per heavy atom. The van der Waals surface area contributed by atoms with Crippen LogP contribution in [0.15, 0.2) is 24.3 Å². The molecule has 0 saturated heterocycles. The van der Waals surface area contributed by atoms with Crippen LogP contribution in [0.25, 0.3) is 0 Å². The van der Waals surface area contributed by atoms with Gasteiger partial charge in [0, 0.05) is 31.5 Å². The normalized spacial score (nSPS) is 23.7. The van der Waals surface area contributed by atoms with E-state index in [4.69, 9.17) is 15.2 Å². The topological polar surface area (TPSA) is 76.8 Å². The second-order valence-electron chi connectivity index (χ2n) is 8.17. The number of amides is 1. The van der Waals surface area contributed by atoms with Crippen molar-refractivity contribution in [3.63, 3.8) is 0 Å². The van der Waals surface area contributed by atoms with Crippen molar-refractivity contribution in [3.05, 3.63) is 29.8 Å². The molecule has 3 N–H and O–H groups in total. The molecule has 0 aromatic heterocycles. The average molecular weight is 378 g/mol. The minimum absolute atomic E-state index is 0.0298. The second-order valence-corrected chi connectivity index (χ2v) is 8.17. The van der Waals surface area contributed by atoms with E-state index in [9.17, 15) is 4.79 Å². The van der Waals surface area contributed by atoms with Gasteiger partial charge in [-0.25, -0.2) is 0 Å². The molecule has 1 aromatic rings.